The van der Waals surface area contributed by atoms with Gasteiger partial charge in [0.05, 0.1) is 24.5 Å². The van der Waals surface area contributed by atoms with E-state index in [1.807, 2.05) is 6.08 Å². The minimum absolute atomic E-state index is 0.194. The first kappa shape index (κ1) is 16.1. The number of hydrogen-bond donors (Lipinski definition) is 2. The summed E-state index contributed by atoms with van der Waals surface area (Å²) in [5.41, 5.74) is 1.42. The van der Waals surface area contributed by atoms with E-state index in [-0.39, 0.29) is 16.8 Å². The standard InChI is InChI=1S/C18H22FN5O2/c19-12-1-4-18(5-7-20-8-6-18)13-14(12)21-17-22-15(23-24(17)16(13)25)11-2-9-26-10-3-11/h2,12,20H,1,3-10H2,(H,21,22,23). The normalized spacial score (nSPS) is 25.3. The molecule has 1 spiro atoms. The van der Waals surface area contributed by atoms with Crippen molar-refractivity contribution in [2.24, 2.45) is 0 Å². The Hall–Kier alpha value is -2.06. The Morgan fingerprint density at radius 2 is 2.12 bits per heavy atom. The van der Waals surface area contributed by atoms with Gasteiger partial charge < -0.3 is 10.1 Å². The highest BCUT2D eigenvalue weighted by molar-refractivity contribution is 5.61. The third-order valence-corrected chi connectivity index (χ3v) is 6.05. The number of alkyl halides is 1. The van der Waals surface area contributed by atoms with Gasteiger partial charge in [0.1, 0.15) is 6.17 Å². The first-order chi connectivity index (χ1) is 12.7. The summed E-state index contributed by atoms with van der Waals surface area (Å²) in [7, 11) is 0. The van der Waals surface area contributed by atoms with E-state index in [2.05, 4.69) is 20.4 Å². The summed E-state index contributed by atoms with van der Waals surface area (Å²) in [6, 6.07) is 0. The van der Waals surface area contributed by atoms with Gasteiger partial charge in [0, 0.05) is 5.41 Å². The molecule has 2 N–H and O–H groups in total. The topological polar surface area (TPSA) is 84.3 Å². The van der Waals surface area contributed by atoms with Crippen molar-refractivity contribution >= 4 is 11.4 Å². The van der Waals surface area contributed by atoms with Gasteiger partial charge in [-0.2, -0.15) is 9.50 Å². The number of rotatable bonds is 1. The molecule has 4 heterocycles. The van der Waals surface area contributed by atoms with Crippen molar-refractivity contribution in [2.45, 2.75) is 43.7 Å². The second-order valence-corrected chi connectivity index (χ2v) is 7.48. The molecule has 1 atom stereocenters. The van der Waals surface area contributed by atoms with Gasteiger partial charge in [-0.1, -0.05) is 6.08 Å². The lowest BCUT2D eigenvalue weighted by Crippen LogP contribution is -2.46. The molecule has 0 saturated carbocycles. The number of aromatic nitrogens is 4. The molecule has 1 saturated heterocycles. The highest BCUT2D eigenvalue weighted by Gasteiger charge is 2.44. The number of H-pyrrole nitrogens is 1. The lowest BCUT2D eigenvalue weighted by atomic mass is 9.66. The van der Waals surface area contributed by atoms with E-state index < -0.39 is 6.17 Å². The molecule has 5 rings (SSSR count). The fourth-order valence-electron chi connectivity index (χ4n) is 4.61. The van der Waals surface area contributed by atoms with Crippen LogP contribution < -0.4 is 10.9 Å². The Balaban J connectivity index is 1.70. The number of ether oxygens (including phenoxy) is 1. The number of halogens is 1. The first-order valence-electron chi connectivity index (χ1n) is 9.33. The highest BCUT2D eigenvalue weighted by atomic mass is 19.1. The molecule has 1 aliphatic carbocycles. The van der Waals surface area contributed by atoms with Crippen LogP contribution in [0.3, 0.4) is 0 Å². The molecule has 8 heteroatoms. The van der Waals surface area contributed by atoms with Crippen LogP contribution in [0.5, 0.6) is 0 Å². The van der Waals surface area contributed by atoms with Crippen molar-refractivity contribution in [1.82, 2.24) is 24.9 Å². The molecule has 3 aliphatic rings. The number of hydrogen-bond acceptors (Lipinski definition) is 5. The van der Waals surface area contributed by atoms with Crippen molar-refractivity contribution in [2.75, 3.05) is 26.3 Å². The Bertz CT molecular complexity index is 941. The fourth-order valence-corrected chi connectivity index (χ4v) is 4.61. The minimum atomic E-state index is -1.19. The Morgan fingerprint density at radius 1 is 1.27 bits per heavy atom. The van der Waals surface area contributed by atoms with Gasteiger partial charge in [-0.05, 0) is 50.8 Å². The fraction of sp³-hybridized carbons (Fsp3) is 0.611. The molecular weight excluding hydrogens is 337 g/mol. The molecule has 0 bridgehead atoms. The minimum Gasteiger partial charge on any atom is -0.377 e. The summed E-state index contributed by atoms with van der Waals surface area (Å²) in [6.07, 6.45) is 4.32. The quantitative estimate of drug-likeness (QED) is 0.809. The number of fused-ring (bicyclic) bond motifs is 3. The first-order valence-corrected chi connectivity index (χ1v) is 9.33. The van der Waals surface area contributed by atoms with E-state index in [0.29, 0.717) is 43.1 Å². The molecule has 2 aliphatic heterocycles. The van der Waals surface area contributed by atoms with Gasteiger partial charge in [0.25, 0.3) is 11.3 Å². The summed E-state index contributed by atoms with van der Waals surface area (Å²) in [5.74, 6) is 0.875. The summed E-state index contributed by atoms with van der Waals surface area (Å²) >= 11 is 0. The van der Waals surface area contributed by atoms with E-state index in [9.17, 15) is 9.18 Å². The molecule has 7 nitrogen and oxygen atoms in total. The third kappa shape index (κ3) is 2.35. The Labute approximate surface area is 149 Å². The second kappa shape index (κ2) is 5.99. The molecule has 26 heavy (non-hydrogen) atoms. The van der Waals surface area contributed by atoms with E-state index >= 15 is 0 Å². The SMILES string of the molecule is O=c1c2c(nc3nc(C4=CCOCC4)[nH]n13)C(F)CCC21CCNCC1. The number of nitrogens with zero attached hydrogens (tertiary/aromatic N) is 3. The predicted molar refractivity (Wildman–Crippen MR) is 93.9 cm³/mol. The maximum atomic E-state index is 14.7. The van der Waals surface area contributed by atoms with Gasteiger partial charge >= 0.3 is 0 Å². The summed E-state index contributed by atoms with van der Waals surface area (Å²) in [5, 5.41) is 6.43. The van der Waals surface area contributed by atoms with Crippen molar-refractivity contribution < 1.29 is 9.13 Å². The van der Waals surface area contributed by atoms with E-state index in [1.54, 1.807) is 0 Å². The third-order valence-electron chi connectivity index (χ3n) is 6.05. The van der Waals surface area contributed by atoms with E-state index in [4.69, 9.17) is 4.74 Å². The summed E-state index contributed by atoms with van der Waals surface area (Å²) in [6.45, 7) is 2.86. The predicted octanol–water partition coefficient (Wildman–Crippen LogP) is 1.65. The molecule has 2 aromatic heterocycles. The summed E-state index contributed by atoms with van der Waals surface area (Å²) in [4.78, 5) is 22.3. The van der Waals surface area contributed by atoms with Crippen LogP contribution in [0.15, 0.2) is 10.9 Å². The molecule has 1 unspecified atom stereocenters. The Morgan fingerprint density at radius 3 is 2.88 bits per heavy atom. The maximum Gasteiger partial charge on any atom is 0.278 e. The van der Waals surface area contributed by atoms with E-state index in [1.165, 1.54) is 4.52 Å². The zero-order chi connectivity index (χ0) is 17.7. The van der Waals surface area contributed by atoms with Gasteiger partial charge in [-0.15, -0.1) is 0 Å². The van der Waals surface area contributed by atoms with Gasteiger partial charge in [-0.25, -0.2) is 9.37 Å². The van der Waals surface area contributed by atoms with Crippen LogP contribution in [-0.4, -0.2) is 45.9 Å². The van der Waals surface area contributed by atoms with Crippen molar-refractivity contribution in [3.05, 3.63) is 33.5 Å². The zero-order valence-electron chi connectivity index (χ0n) is 14.6. The van der Waals surface area contributed by atoms with Crippen molar-refractivity contribution in [3.8, 4) is 0 Å². The average Bonchev–Trinajstić information content (AvgIpc) is 3.11. The molecule has 1 fully saturated rings. The van der Waals surface area contributed by atoms with Crippen LogP contribution in [0.4, 0.5) is 4.39 Å². The monoisotopic (exact) mass is 359 g/mol. The van der Waals surface area contributed by atoms with Crippen molar-refractivity contribution in [3.63, 3.8) is 0 Å². The van der Waals surface area contributed by atoms with E-state index in [0.717, 1.165) is 37.9 Å². The number of aromatic amines is 1. The van der Waals surface area contributed by atoms with Crippen LogP contribution in [0.25, 0.3) is 11.4 Å². The highest BCUT2D eigenvalue weighted by Crippen LogP contribution is 2.46. The summed E-state index contributed by atoms with van der Waals surface area (Å²) < 4.78 is 21.4. The van der Waals surface area contributed by atoms with Crippen LogP contribution in [0.1, 0.15) is 55.4 Å². The van der Waals surface area contributed by atoms with Crippen LogP contribution in [-0.2, 0) is 10.2 Å². The zero-order valence-corrected chi connectivity index (χ0v) is 14.6. The number of piperidine rings is 1. The lowest BCUT2D eigenvalue weighted by molar-refractivity contribution is 0.161. The smallest absolute Gasteiger partial charge is 0.278 e. The van der Waals surface area contributed by atoms with Gasteiger partial charge in [0.2, 0.25) is 0 Å². The largest absolute Gasteiger partial charge is 0.377 e. The van der Waals surface area contributed by atoms with Crippen LogP contribution in [0.2, 0.25) is 0 Å². The van der Waals surface area contributed by atoms with Crippen LogP contribution >= 0.6 is 0 Å². The average molecular weight is 359 g/mol. The van der Waals surface area contributed by atoms with Gasteiger partial charge in [-0.3, -0.25) is 9.89 Å². The van der Waals surface area contributed by atoms with Crippen LogP contribution in [0, 0.1) is 0 Å². The maximum absolute atomic E-state index is 14.7. The molecule has 0 aromatic carbocycles. The molecule has 0 radical (unpaired) electrons. The van der Waals surface area contributed by atoms with Gasteiger partial charge in [0.15, 0.2) is 5.82 Å². The molecule has 138 valence electrons. The van der Waals surface area contributed by atoms with Crippen molar-refractivity contribution in [1.29, 1.82) is 0 Å². The molecular formula is C18H22FN5O2. The molecule has 2 aromatic rings. The number of nitrogens with one attached hydrogen (secondary N) is 2. The Kier molecular flexibility index (Phi) is 3.72. The lowest BCUT2D eigenvalue weighted by Gasteiger charge is -2.41. The molecule has 0 amide bonds. The second-order valence-electron chi connectivity index (χ2n) is 7.48.